The quantitative estimate of drug-likeness (QED) is 0.347. The molecule has 5 aromatic rings. The second-order valence-electron chi connectivity index (χ2n) is 8.19. The number of H-pyrrole nitrogens is 1. The molecule has 0 aliphatic rings. The number of nitrogens with zero attached hydrogens (tertiary/aromatic N) is 2. The van der Waals surface area contributed by atoms with Crippen molar-refractivity contribution >= 4 is 16.8 Å². The van der Waals surface area contributed by atoms with Crippen LogP contribution in [0.3, 0.4) is 0 Å². The van der Waals surface area contributed by atoms with Crippen LogP contribution in [-0.2, 0) is 13.0 Å². The first-order valence-corrected chi connectivity index (χ1v) is 11.3. The van der Waals surface area contributed by atoms with Gasteiger partial charge in [-0.1, -0.05) is 48.5 Å². The molecule has 1 amide bonds. The van der Waals surface area contributed by atoms with Crippen molar-refractivity contribution in [2.75, 3.05) is 13.7 Å². The molecule has 0 fully saturated rings. The molecule has 0 saturated heterocycles. The maximum atomic E-state index is 12.7. The summed E-state index contributed by atoms with van der Waals surface area (Å²) < 4.78 is 7.47. The van der Waals surface area contributed by atoms with Crippen molar-refractivity contribution in [1.82, 2.24) is 20.1 Å². The van der Waals surface area contributed by atoms with E-state index in [1.807, 2.05) is 30.3 Å². The third-order valence-corrected chi connectivity index (χ3v) is 5.96. The molecule has 6 nitrogen and oxygen atoms in total. The number of nitrogens with one attached hydrogen (secondary N) is 2. The predicted molar refractivity (Wildman–Crippen MR) is 134 cm³/mol. The first kappa shape index (κ1) is 21.5. The van der Waals surface area contributed by atoms with Crippen molar-refractivity contribution in [3.8, 4) is 17.0 Å². The van der Waals surface area contributed by atoms with E-state index in [1.54, 1.807) is 13.2 Å². The molecule has 0 saturated carbocycles. The molecule has 2 N–H and O–H groups in total. The van der Waals surface area contributed by atoms with Crippen LogP contribution in [0.2, 0.25) is 0 Å². The van der Waals surface area contributed by atoms with E-state index < -0.39 is 0 Å². The third kappa shape index (κ3) is 4.57. The normalized spacial score (nSPS) is 11.0. The number of amides is 1. The van der Waals surface area contributed by atoms with E-state index in [-0.39, 0.29) is 5.91 Å². The molecule has 34 heavy (non-hydrogen) atoms. The average molecular weight is 451 g/mol. The third-order valence-electron chi connectivity index (χ3n) is 5.96. The van der Waals surface area contributed by atoms with Crippen LogP contribution in [0.1, 0.15) is 21.6 Å². The number of methoxy groups -OCH3 is 1. The van der Waals surface area contributed by atoms with Crippen LogP contribution in [0.15, 0.2) is 91.1 Å². The lowest BCUT2D eigenvalue weighted by Crippen LogP contribution is -2.26. The minimum Gasteiger partial charge on any atom is -0.497 e. The van der Waals surface area contributed by atoms with Crippen LogP contribution in [0.25, 0.3) is 22.2 Å². The van der Waals surface area contributed by atoms with Gasteiger partial charge in [-0.2, -0.15) is 5.10 Å². The Morgan fingerprint density at radius 3 is 2.56 bits per heavy atom. The van der Waals surface area contributed by atoms with E-state index in [4.69, 9.17) is 4.74 Å². The van der Waals surface area contributed by atoms with Crippen molar-refractivity contribution < 1.29 is 9.53 Å². The van der Waals surface area contributed by atoms with Gasteiger partial charge in [-0.3, -0.25) is 9.89 Å². The zero-order valence-electron chi connectivity index (χ0n) is 19.0. The first-order valence-electron chi connectivity index (χ1n) is 11.3. The largest absolute Gasteiger partial charge is 0.497 e. The van der Waals surface area contributed by atoms with Gasteiger partial charge in [0.1, 0.15) is 11.4 Å². The van der Waals surface area contributed by atoms with Gasteiger partial charge in [0.05, 0.1) is 12.8 Å². The smallest absolute Gasteiger partial charge is 0.269 e. The summed E-state index contributed by atoms with van der Waals surface area (Å²) >= 11 is 0. The zero-order chi connectivity index (χ0) is 23.3. The fraction of sp³-hybridized carbons (Fsp3) is 0.143. The first-order chi connectivity index (χ1) is 16.7. The summed E-state index contributed by atoms with van der Waals surface area (Å²) in [5.41, 5.74) is 5.76. The van der Waals surface area contributed by atoms with E-state index >= 15 is 0 Å². The Kier molecular flexibility index (Phi) is 6.12. The number of fused-ring (bicyclic) bond motifs is 1. The summed E-state index contributed by atoms with van der Waals surface area (Å²) in [6.45, 7) is 1.35. The second-order valence-corrected chi connectivity index (χ2v) is 8.19. The molecular weight excluding hydrogens is 424 g/mol. The lowest BCUT2D eigenvalue weighted by atomic mass is 10.1. The minimum atomic E-state index is -0.166. The number of aromatic nitrogens is 3. The monoisotopic (exact) mass is 450 g/mol. The van der Waals surface area contributed by atoms with E-state index in [1.165, 1.54) is 22.0 Å². The van der Waals surface area contributed by atoms with Crippen molar-refractivity contribution in [3.63, 3.8) is 0 Å². The van der Waals surface area contributed by atoms with Gasteiger partial charge in [-0.15, -0.1) is 0 Å². The Morgan fingerprint density at radius 2 is 1.76 bits per heavy atom. The summed E-state index contributed by atoms with van der Waals surface area (Å²) in [4.78, 5) is 12.7. The van der Waals surface area contributed by atoms with E-state index in [2.05, 4.69) is 74.8 Å². The molecule has 5 rings (SSSR count). The molecule has 0 unspecified atom stereocenters. The molecule has 0 atom stereocenters. The lowest BCUT2D eigenvalue weighted by molar-refractivity contribution is 0.0949. The van der Waals surface area contributed by atoms with Crippen molar-refractivity contribution in [1.29, 1.82) is 0 Å². The second kappa shape index (κ2) is 9.67. The number of hydrogen-bond donors (Lipinski definition) is 2. The summed E-state index contributed by atoms with van der Waals surface area (Å²) in [5, 5.41) is 11.4. The van der Waals surface area contributed by atoms with Crippen molar-refractivity contribution in [2.45, 2.75) is 13.0 Å². The molecule has 170 valence electrons. The molecule has 0 aliphatic heterocycles. The number of aromatic amines is 1. The van der Waals surface area contributed by atoms with Crippen molar-refractivity contribution in [3.05, 3.63) is 108 Å². The molecule has 0 aliphatic carbocycles. The fourth-order valence-electron chi connectivity index (χ4n) is 4.19. The summed E-state index contributed by atoms with van der Waals surface area (Å²) in [6.07, 6.45) is 2.94. The fourth-order valence-corrected chi connectivity index (χ4v) is 4.19. The maximum Gasteiger partial charge on any atom is 0.269 e. The van der Waals surface area contributed by atoms with Gasteiger partial charge in [0.25, 0.3) is 5.91 Å². The summed E-state index contributed by atoms with van der Waals surface area (Å²) in [5.74, 6) is 0.614. The molecule has 0 radical (unpaired) electrons. The highest BCUT2D eigenvalue weighted by Gasteiger charge is 2.13. The topological polar surface area (TPSA) is 71.9 Å². The SMILES string of the molecule is COc1ccc(-c2cc(C(=O)NCCc3cn(Cc4ccccc4)c4ccccc34)[nH]n2)cc1. The summed E-state index contributed by atoms with van der Waals surface area (Å²) in [6, 6.07) is 28.2. The van der Waals surface area contributed by atoms with Gasteiger partial charge >= 0.3 is 0 Å². The van der Waals surface area contributed by atoms with Crippen molar-refractivity contribution in [2.24, 2.45) is 0 Å². The average Bonchev–Trinajstić information content (AvgIpc) is 3.51. The van der Waals surface area contributed by atoms with E-state index in [0.29, 0.717) is 12.2 Å². The summed E-state index contributed by atoms with van der Waals surface area (Å²) in [7, 11) is 1.63. The molecule has 0 spiro atoms. The number of benzene rings is 3. The Labute approximate surface area is 198 Å². The van der Waals surface area contributed by atoms with Crippen LogP contribution < -0.4 is 10.1 Å². The van der Waals surface area contributed by atoms with Gasteiger partial charge < -0.3 is 14.6 Å². The highest BCUT2D eigenvalue weighted by molar-refractivity contribution is 5.93. The number of rotatable bonds is 8. The zero-order valence-corrected chi connectivity index (χ0v) is 19.0. The Morgan fingerprint density at radius 1 is 1.00 bits per heavy atom. The Bertz CT molecular complexity index is 1400. The number of carbonyl (C=O) groups excluding carboxylic acids is 1. The number of hydrogen-bond acceptors (Lipinski definition) is 3. The molecule has 6 heteroatoms. The van der Waals surface area contributed by atoms with Gasteiger partial charge in [-0.05, 0) is 53.9 Å². The van der Waals surface area contributed by atoms with Crippen LogP contribution in [0.4, 0.5) is 0 Å². The molecule has 0 bridgehead atoms. The Balaban J connectivity index is 1.25. The van der Waals surface area contributed by atoms with Crippen LogP contribution in [-0.4, -0.2) is 34.3 Å². The van der Waals surface area contributed by atoms with E-state index in [0.717, 1.165) is 30.0 Å². The maximum absolute atomic E-state index is 12.7. The highest BCUT2D eigenvalue weighted by atomic mass is 16.5. The van der Waals surface area contributed by atoms with Gasteiger partial charge in [0, 0.05) is 35.8 Å². The molecule has 2 aromatic heterocycles. The predicted octanol–water partition coefficient (Wildman–Crippen LogP) is 5.06. The number of ether oxygens (including phenoxy) is 1. The van der Waals surface area contributed by atoms with E-state index in [9.17, 15) is 4.79 Å². The van der Waals surface area contributed by atoms with Gasteiger partial charge in [0.15, 0.2) is 0 Å². The van der Waals surface area contributed by atoms with Crippen LogP contribution in [0.5, 0.6) is 5.75 Å². The minimum absolute atomic E-state index is 0.166. The van der Waals surface area contributed by atoms with Gasteiger partial charge in [0.2, 0.25) is 0 Å². The molecule has 2 heterocycles. The van der Waals surface area contributed by atoms with Crippen LogP contribution in [0, 0.1) is 0 Å². The molecular formula is C28H26N4O2. The molecule has 3 aromatic carbocycles. The lowest BCUT2D eigenvalue weighted by Gasteiger charge is -2.05. The number of para-hydroxylation sites is 1. The Hall–Kier alpha value is -4.32. The highest BCUT2D eigenvalue weighted by Crippen LogP contribution is 2.23. The number of carbonyl (C=O) groups is 1. The van der Waals surface area contributed by atoms with Crippen LogP contribution >= 0.6 is 0 Å². The standard InChI is InChI=1S/C28H26N4O2/c1-34-23-13-11-21(12-14-23)25-17-26(31-30-25)28(33)29-16-15-22-19-32(18-20-7-3-2-4-8-20)27-10-6-5-9-24(22)27/h2-14,17,19H,15-16,18H2,1H3,(H,29,33)(H,30,31). The van der Waals surface area contributed by atoms with Gasteiger partial charge in [-0.25, -0.2) is 0 Å².